The Morgan fingerprint density at radius 2 is 1.38 bits per heavy atom. The molecule has 21 heavy (non-hydrogen) atoms. The second kappa shape index (κ2) is 13.5. The first-order valence-corrected chi connectivity index (χ1v) is 9.78. The van der Waals surface area contributed by atoms with Gasteiger partial charge in [-0.1, -0.05) is 64.7 Å². The summed E-state index contributed by atoms with van der Waals surface area (Å²) in [4.78, 5) is 0. The maximum absolute atomic E-state index is 10.7. The van der Waals surface area contributed by atoms with E-state index in [1.165, 1.54) is 51.4 Å². The Morgan fingerprint density at radius 1 is 0.905 bits per heavy atom. The standard InChI is InChI=1S/C15H32O5S/c1-2-3-4-5-6-7-8-9-10-11-12-20-15(13-16)14-21(17,18)19/h15-16H,2-14H2,1H3,(H,17,18,19). The summed E-state index contributed by atoms with van der Waals surface area (Å²) in [5.74, 6) is -0.540. The number of rotatable bonds is 15. The molecule has 0 aliphatic carbocycles. The summed E-state index contributed by atoms with van der Waals surface area (Å²) < 4.78 is 35.3. The highest BCUT2D eigenvalue weighted by molar-refractivity contribution is 7.85. The van der Waals surface area contributed by atoms with Crippen LogP contribution in [-0.4, -0.2) is 43.1 Å². The highest BCUT2D eigenvalue weighted by Crippen LogP contribution is 2.10. The molecule has 0 rings (SSSR count). The van der Waals surface area contributed by atoms with Gasteiger partial charge in [-0.25, -0.2) is 0 Å². The van der Waals surface area contributed by atoms with Gasteiger partial charge in [0.25, 0.3) is 10.1 Å². The van der Waals surface area contributed by atoms with E-state index in [2.05, 4.69) is 6.92 Å². The lowest BCUT2D eigenvalue weighted by Gasteiger charge is -2.13. The van der Waals surface area contributed by atoms with Gasteiger partial charge < -0.3 is 9.84 Å². The van der Waals surface area contributed by atoms with E-state index in [9.17, 15) is 8.42 Å². The molecule has 5 nitrogen and oxygen atoms in total. The average Bonchev–Trinajstić information content (AvgIpc) is 2.42. The minimum absolute atomic E-state index is 0.391. The van der Waals surface area contributed by atoms with Gasteiger partial charge in [0.2, 0.25) is 0 Å². The number of hydrogen-bond acceptors (Lipinski definition) is 4. The van der Waals surface area contributed by atoms with Gasteiger partial charge in [0.05, 0.1) is 12.7 Å². The Bertz CT molecular complexity index is 316. The van der Waals surface area contributed by atoms with Gasteiger partial charge in [-0.15, -0.1) is 0 Å². The Kier molecular flexibility index (Phi) is 13.4. The summed E-state index contributed by atoms with van der Waals surface area (Å²) in [5, 5.41) is 8.95. The van der Waals surface area contributed by atoms with Crippen LogP contribution in [-0.2, 0) is 14.9 Å². The predicted octanol–water partition coefficient (Wildman–Crippen LogP) is 3.17. The van der Waals surface area contributed by atoms with Crippen molar-refractivity contribution in [3.63, 3.8) is 0 Å². The number of aliphatic hydroxyl groups excluding tert-OH is 1. The van der Waals surface area contributed by atoms with Crippen LogP contribution in [0.3, 0.4) is 0 Å². The molecule has 0 aromatic rings. The zero-order valence-corrected chi connectivity index (χ0v) is 14.1. The molecule has 0 amide bonds. The second-order valence-electron chi connectivity index (χ2n) is 5.61. The van der Waals surface area contributed by atoms with E-state index in [-0.39, 0.29) is 0 Å². The van der Waals surface area contributed by atoms with Gasteiger partial charge in [0.1, 0.15) is 5.75 Å². The third-order valence-corrected chi connectivity index (χ3v) is 4.24. The zero-order chi connectivity index (χ0) is 16.0. The molecule has 6 heteroatoms. The Labute approximate surface area is 129 Å². The van der Waals surface area contributed by atoms with E-state index in [0.29, 0.717) is 6.61 Å². The number of hydrogen-bond donors (Lipinski definition) is 2. The number of ether oxygens (including phenoxy) is 1. The molecule has 0 saturated carbocycles. The van der Waals surface area contributed by atoms with Crippen molar-refractivity contribution in [2.45, 2.75) is 77.2 Å². The maximum Gasteiger partial charge on any atom is 0.267 e. The zero-order valence-electron chi connectivity index (χ0n) is 13.3. The maximum atomic E-state index is 10.7. The molecule has 1 unspecified atom stereocenters. The molecule has 0 bridgehead atoms. The van der Waals surface area contributed by atoms with Crippen molar-refractivity contribution in [2.24, 2.45) is 0 Å². The minimum atomic E-state index is -4.08. The molecule has 0 radical (unpaired) electrons. The molecule has 0 spiro atoms. The van der Waals surface area contributed by atoms with E-state index in [1.807, 2.05) is 0 Å². The largest absolute Gasteiger partial charge is 0.394 e. The normalized spacial score (nSPS) is 13.5. The molecule has 2 N–H and O–H groups in total. The van der Waals surface area contributed by atoms with Crippen molar-refractivity contribution >= 4 is 10.1 Å². The van der Waals surface area contributed by atoms with Crippen molar-refractivity contribution in [3.8, 4) is 0 Å². The van der Waals surface area contributed by atoms with Gasteiger partial charge in [-0.2, -0.15) is 8.42 Å². The lowest BCUT2D eigenvalue weighted by atomic mass is 10.1. The molecule has 0 fully saturated rings. The predicted molar refractivity (Wildman–Crippen MR) is 85.1 cm³/mol. The van der Waals surface area contributed by atoms with Gasteiger partial charge in [-0.3, -0.25) is 4.55 Å². The lowest BCUT2D eigenvalue weighted by Crippen LogP contribution is -2.27. The van der Waals surface area contributed by atoms with Gasteiger partial charge >= 0.3 is 0 Å². The van der Waals surface area contributed by atoms with Crippen LogP contribution in [0.25, 0.3) is 0 Å². The van der Waals surface area contributed by atoms with E-state index in [0.717, 1.165) is 12.8 Å². The summed E-state index contributed by atoms with van der Waals surface area (Å²) in [6, 6.07) is 0. The minimum Gasteiger partial charge on any atom is -0.394 e. The van der Waals surface area contributed by atoms with Crippen molar-refractivity contribution < 1.29 is 22.8 Å². The Hall–Kier alpha value is -0.170. The lowest BCUT2D eigenvalue weighted by molar-refractivity contribution is 0.0242. The number of aliphatic hydroxyl groups is 1. The van der Waals surface area contributed by atoms with E-state index in [1.54, 1.807) is 0 Å². The van der Waals surface area contributed by atoms with E-state index < -0.39 is 28.6 Å². The number of unbranched alkanes of at least 4 members (excludes halogenated alkanes) is 9. The van der Waals surface area contributed by atoms with Gasteiger partial charge in [-0.05, 0) is 6.42 Å². The molecular formula is C15H32O5S. The topological polar surface area (TPSA) is 83.8 Å². The molecule has 0 aliphatic heterocycles. The van der Waals surface area contributed by atoms with E-state index in [4.69, 9.17) is 14.4 Å². The quantitative estimate of drug-likeness (QED) is 0.357. The van der Waals surface area contributed by atoms with Crippen LogP contribution in [0.2, 0.25) is 0 Å². The fraction of sp³-hybridized carbons (Fsp3) is 1.00. The van der Waals surface area contributed by atoms with Crippen LogP contribution in [0, 0.1) is 0 Å². The van der Waals surface area contributed by atoms with Crippen LogP contribution >= 0.6 is 0 Å². The van der Waals surface area contributed by atoms with E-state index >= 15 is 0 Å². The summed E-state index contributed by atoms with van der Waals surface area (Å²) in [7, 11) is -4.08. The van der Waals surface area contributed by atoms with Crippen LogP contribution in [0.15, 0.2) is 0 Å². The highest BCUT2D eigenvalue weighted by atomic mass is 32.2. The highest BCUT2D eigenvalue weighted by Gasteiger charge is 2.16. The summed E-state index contributed by atoms with van der Waals surface area (Å²) in [5.41, 5.74) is 0. The summed E-state index contributed by atoms with van der Waals surface area (Å²) in [6.07, 6.45) is 11.4. The second-order valence-corrected chi connectivity index (χ2v) is 7.10. The summed E-state index contributed by atoms with van der Waals surface area (Å²) in [6.45, 7) is 2.26. The average molecular weight is 324 g/mol. The molecule has 0 saturated heterocycles. The van der Waals surface area contributed by atoms with Crippen LogP contribution < -0.4 is 0 Å². The van der Waals surface area contributed by atoms with Crippen molar-refractivity contribution in [3.05, 3.63) is 0 Å². The summed E-state index contributed by atoms with van der Waals surface area (Å²) >= 11 is 0. The Balaban J connectivity index is 3.35. The van der Waals surface area contributed by atoms with Crippen molar-refractivity contribution in [2.75, 3.05) is 19.0 Å². The molecule has 0 heterocycles. The molecule has 0 aromatic heterocycles. The van der Waals surface area contributed by atoms with Crippen LogP contribution in [0.5, 0.6) is 0 Å². The third kappa shape index (κ3) is 16.0. The SMILES string of the molecule is CCCCCCCCCCCCOC(CO)CS(=O)(=O)O. The fourth-order valence-corrected chi connectivity index (χ4v) is 2.90. The first-order valence-electron chi connectivity index (χ1n) is 8.17. The molecule has 1 atom stereocenters. The molecule has 0 aliphatic rings. The third-order valence-electron chi connectivity index (χ3n) is 3.45. The van der Waals surface area contributed by atoms with Crippen molar-refractivity contribution in [1.29, 1.82) is 0 Å². The molecule has 0 aromatic carbocycles. The van der Waals surface area contributed by atoms with Crippen LogP contribution in [0.4, 0.5) is 0 Å². The van der Waals surface area contributed by atoms with Gasteiger partial charge in [0.15, 0.2) is 0 Å². The fourth-order valence-electron chi connectivity index (χ4n) is 2.23. The first-order chi connectivity index (χ1) is 9.99. The Morgan fingerprint density at radius 3 is 1.81 bits per heavy atom. The monoisotopic (exact) mass is 324 g/mol. The van der Waals surface area contributed by atoms with Crippen LogP contribution in [0.1, 0.15) is 71.1 Å². The molecular weight excluding hydrogens is 292 g/mol. The smallest absolute Gasteiger partial charge is 0.267 e. The van der Waals surface area contributed by atoms with Gasteiger partial charge in [0, 0.05) is 6.61 Å². The first kappa shape index (κ1) is 20.8. The van der Waals surface area contributed by atoms with Crippen molar-refractivity contribution in [1.82, 2.24) is 0 Å². The molecule has 128 valence electrons.